The smallest absolute Gasteiger partial charge is 0.252 e. The lowest BCUT2D eigenvalue weighted by molar-refractivity contribution is -0.118. The number of ether oxygens (including phenoxy) is 1. The molecule has 7 heteroatoms. The summed E-state index contributed by atoms with van der Waals surface area (Å²) in [5, 5.41) is 5.69. The summed E-state index contributed by atoms with van der Waals surface area (Å²) in [4.78, 5) is 39.8. The minimum Gasteiger partial charge on any atom is -0.494 e. The van der Waals surface area contributed by atoms with Gasteiger partial charge in [0.1, 0.15) is 11.8 Å². The number of amides is 3. The number of rotatable bonds is 7. The highest BCUT2D eigenvalue weighted by atomic mass is 16.5. The Kier molecular flexibility index (Phi) is 6.69. The van der Waals surface area contributed by atoms with Crippen molar-refractivity contribution in [3.8, 4) is 5.75 Å². The van der Waals surface area contributed by atoms with E-state index in [-0.39, 0.29) is 11.8 Å². The van der Waals surface area contributed by atoms with Gasteiger partial charge in [0.25, 0.3) is 11.8 Å². The summed E-state index contributed by atoms with van der Waals surface area (Å²) < 4.78 is 5.48. The van der Waals surface area contributed by atoms with E-state index in [0.717, 1.165) is 6.42 Å². The van der Waals surface area contributed by atoms with Crippen LogP contribution in [-0.2, 0) is 9.59 Å². The lowest BCUT2D eigenvalue weighted by atomic mass is 10.0. The second-order valence-electron chi connectivity index (χ2n) is 7.71. The standard InChI is InChI=1S/C26H25N3O4/c1-33-22-17-20(14-15-21(22)29-16-8-13-23(29)30)27-26(32)24(18-9-4-2-5-10-18)28-25(31)19-11-6-3-7-12-19/h2-7,9-12,14-15,17,24H,8,13,16H2,1H3,(H,27,32)(H,28,31)/t24-/m0/s1. The molecule has 168 valence electrons. The van der Waals surface area contributed by atoms with Gasteiger partial charge in [-0.05, 0) is 36.2 Å². The molecule has 0 radical (unpaired) electrons. The van der Waals surface area contributed by atoms with E-state index in [9.17, 15) is 14.4 Å². The number of hydrogen-bond donors (Lipinski definition) is 2. The highest BCUT2D eigenvalue weighted by molar-refractivity contribution is 6.02. The number of hydrogen-bond acceptors (Lipinski definition) is 4. The first-order chi connectivity index (χ1) is 16.1. The predicted molar refractivity (Wildman–Crippen MR) is 126 cm³/mol. The molecule has 1 saturated heterocycles. The molecule has 33 heavy (non-hydrogen) atoms. The average molecular weight is 444 g/mol. The number of nitrogens with zero attached hydrogens (tertiary/aromatic N) is 1. The van der Waals surface area contributed by atoms with E-state index < -0.39 is 11.9 Å². The van der Waals surface area contributed by atoms with Crippen LogP contribution in [0.4, 0.5) is 11.4 Å². The third kappa shape index (κ3) is 5.03. The van der Waals surface area contributed by atoms with E-state index in [1.165, 1.54) is 7.11 Å². The Morgan fingerprint density at radius 2 is 1.67 bits per heavy atom. The molecule has 7 nitrogen and oxygen atoms in total. The van der Waals surface area contributed by atoms with Crippen LogP contribution in [0.5, 0.6) is 5.75 Å². The number of anilines is 2. The van der Waals surface area contributed by atoms with Crippen molar-refractivity contribution >= 4 is 29.1 Å². The molecule has 4 rings (SSSR count). The van der Waals surface area contributed by atoms with Crippen LogP contribution in [0.25, 0.3) is 0 Å². The van der Waals surface area contributed by atoms with Crippen LogP contribution >= 0.6 is 0 Å². The van der Waals surface area contributed by atoms with Gasteiger partial charge in [-0.15, -0.1) is 0 Å². The van der Waals surface area contributed by atoms with Gasteiger partial charge >= 0.3 is 0 Å². The summed E-state index contributed by atoms with van der Waals surface area (Å²) in [6.07, 6.45) is 1.32. The molecule has 1 heterocycles. The second-order valence-corrected chi connectivity index (χ2v) is 7.71. The summed E-state index contributed by atoms with van der Waals surface area (Å²) in [7, 11) is 1.53. The molecule has 0 spiro atoms. The monoisotopic (exact) mass is 443 g/mol. The Balaban J connectivity index is 1.56. The van der Waals surface area contributed by atoms with Crippen LogP contribution in [0, 0.1) is 0 Å². The SMILES string of the molecule is COc1cc(NC(=O)[C@@H](NC(=O)c2ccccc2)c2ccccc2)ccc1N1CCCC1=O. The maximum Gasteiger partial charge on any atom is 0.252 e. The van der Waals surface area contributed by atoms with E-state index >= 15 is 0 Å². The van der Waals surface area contributed by atoms with Crippen LogP contribution in [0.2, 0.25) is 0 Å². The summed E-state index contributed by atoms with van der Waals surface area (Å²) >= 11 is 0. The largest absolute Gasteiger partial charge is 0.494 e. The fraction of sp³-hybridized carbons (Fsp3) is 0.192. The molecule has 3 aromatic rings. The number of nitrogens with one attached hydrogen (secondary N) is 2. The summed E-state index contributed by atoms with van der Waals surface area (Å²) in [6.45, 7) is 0.641. The van der Waals surface area contributed by atoms with E-state index in [2.05, 4.69) is 10.6 Å². The van der Waals surface area contributed by atoms with Crippen LogP contribution in [0.15, 0.2) is 78.9 Å². The molecule has 0 aromatic heterocycles. The molecule has 3 amide bonds. The Morgan fingerprint density at radius 1 is 0.970 bits per heavy atom. The van der Waals surface area contributed by atoms with Crippen molar-refractivity contribution < 1.29 is 19.1 Å². The van der Waals surface area contributed by atoms with Crippen molar-refractivity contribution in [1.82, 2.24) is 5.32 Å². The van der Waals surface area contributed by atoms with Gasteiger partial charge in [-0.25, -0.2) is 0 Å². The van der Waals surface area contributed by atoms with Crippen LogP contribution in [0.3, 0.4) is 0 Å². The van der Waals surface area contributed by atoms with Gasteiger partial charge < -0.3 is 20.3 Å². The van der Waals surface area contributed by atoms with Crippen molar-refractivity contribution in [2.45, 2.75) is 18.9 Å². The zero-order valence-corrected chi connectivity index (χ0v) is 18.3. The minimum absolute atomic E-state index is 0.0536. The van der Waals surface area contributed by atoms with Crippen molar-refractivity contribution in [3.63, 3.8) is 0 Å². The van der Waals surface area contributed by atoms with Crippen molar-refractivity contribution in [1.29, 1.82) is 0 Å². The minimum atomic E-state index is -0.898. The molecule has 1 aliphatic rings. The zero-order chi connectivity index (χ0) is 23.2. The highest BCUT2D eigenvalue weighted by Gasteiger charge is 2.26. The predicted octanol–water partition coefficient (Wildman–Crippen LogP) is 3.93. The summed E-state index contributed by atoms with van der Waals surface area (Å²) in [5.41, 5.74) is 2.30. The fourth-order valence-electron chi connectivity index (χ4n) is 3.85. The normalized spacial score (nSPS) is 14.0. The Labute approximate surface area is 192 Å². The van der Waals surface area contributed by atoms with Gasteiger partial charge in [-0.3, -0.25) is 14.4 Å². The molecule has 2 N–H and O–H groups in total. The van der Waals surface area contributed by atoms with Gasteiger partial charge in [0.05, 0.1) is 12.8 Å². The first-order valence-corrected chi connectivity index (χ1v) is 10.8. The third-order valence-corrected chi connectivity index (χ3v) is 5.52. The molecule has 1 atom stereocenters. The second kappa shape index (κ2) is 9.99. The molecular weight excluding hydrogens is 418 g/mol. The van der Waals surface area contributed by atoms with Crippen LogP contribution < -0.4 is 20.3 Å². The van der Waals surface area contributed by atoms with Crippen molar-refractivity contribution in [3.05, 3.63) is 90.0 Å². The number of carbonyl (C=O) groups excluding carboxylic acids is 3. The molecule has 1 fully saturated rings. The van der Waals surface area contributed by atoms with E-state index in [1.54, 1.807) is 59.5 Å². The van der Waals surface area contributed by atoms with E-state index in [0.29, 0.717) is 41.2 Å². The maximum atomic E-state index is 13.2. The van der Waals surface area contributed by atoms with Crippen LogP contribution in [-0.4, -0.2) is 31.4 Å². The Bertz CT molecular complexity index is 1150. The molecule has 0 aliphatic carbocycles. The first-order valence-electron chi connectivity index (χ1n) is 10.8. The average Bonchev–Trinajstić information content (AvgIpc) is 3.28. The zero-order valence-electron chi connectivity index (χ0n) is 18.3. The molecular formula is C26H25N3O4. The van der Waals surface area contributed by atoms with E-state index in [1.807, 2.05) is 24.3 Å². The van der Waals surface area contributed by atoms with Gasteiger partial charge in [0.2, 0.25) is 5.91 Å². The quantitative estimate of drug-likeness (QED) is 0.579. The highest BCUT2D eigenvalue weighted by Crippen LogP contribution is 2.34. The number of methoxy groups -OCH3 is 1. The van der Waals surface area contributed by atoms with Crippen molar-refractivity contribution in [2.24, 2.45) is 0 Å². The van der Waals surface area contributed by atoms with Gasteiger partial charge in [0.15, 0.2) is 0 Å². The van der Waals surface area contributed by atoms with Gasteiger partial charge in [-0.1, -0.05) is 48.5 Å². The first kappa shape index (κ1) is 22.1. The lowest BCUT2D eigenvalue weighted by Gasteiger charge is -2.21. The molecule has 0 unspecified atom stereocenters. The Hall–Kier alpha value is -4.13. The lowest BCUT2D eigenvalue weighted by Crippen LogP contribution is -2.37. The maximum absolute atomic E-state index is 13.2. The number of benzene rings is 3. The van der Waals surface area contributed by atoms with E-state index in [4.69, 9.17) is 4.74 Å². The molecule has 0 bridgehead atoms. The molecule has 3 aromatic carbocycles. The fourth-order valence-corrected chi connectivity index (χ4v) is 3.85. The summed E-state index contributed by atoms with van der Waals surface area (Å²) in [5.74, 6) is -0.192. The molecule has 0 saturated carbocycles. The van der Waals surface area contributed by atoms with Crippen LogP contribution in [0.1, 0.15) is 34.8 Å². The number of carbonyl (C=O) groups is 3. The summed E-state index contributed by atoms with van der Waals surface area (Å²) in [6, 6.07) is 22.1. The topological polar surface area (TPSA) is 87.7 Å². The van der Waals surface area contributed by atoms with Crippen molar-refractivity contribution in [2.75, 3.05) is 23.9 Å². The Morgan fingerprint density at radius 3 is 2.30 bits per heavy atom. The third-order valence-electron chi connectivity index (χ3n) is 5.52. The van der Waals surface area contributed by atoms with Gasteiger partial charge in [0, 0.05) is 30.3 Å². The van der Waals surface area contributed by atoms with Gasteiger partial charge in [-0.2, -0.15) is 0 Å². The molecule has 1 aliphatic heterocycles.